The summed E-state index contributed by atoms with van der Waals surface area (Å²) < 4.78 is 5.22. The predicted octanol–water partition coefficient (Wildman–Crippen LogP) is 4.16. The fourth-order valence-electron chi connectivity index (χ4n) is 1.67. The lowest BCUT2D eigenvalue weighted by atomic mass is 10.1. The van der Waals surface area contributed by atoms with Crippen molar-refractivity contribution in [1.82, 2.24) is 0 Å². The number of para-hydroxylation sites is 1. The zero-order chi connectivity index (χ0) is 15.4. The van der Waals surface area contributed by atoms with Gasteiger partial charge in [-0.25, -0.2) is 0 Å². The molecule has 7 heteroatoms. The summed E-state index contributed by atoms with van der Waals surface area (Å²) in [5.74, 6) is -0.480. The van der Waals surface area contributed by atoms with E-state index in [2.05, 4.69) is 0 Å². The number of ketones is 1. The fraction of sp³-hybridized carbons (Fsp3) is 0.0714. The van der Waals surface area contributed by atoms with Crippen LogP contribution in [0.15, 0.2) is 42.5 Å². The van der Waals surface area contributed by atoms with Crippen molar-refractivity contribution in [2.75, 3.05) is 6.61 Å². The molecule has 2 rings (SSSR count). The van der Waals surface area contributed by atoms with Gasteiger partial charge in [0.2, 0.25) is 5.75 Å². The van der Waals surface area contributed by atoms with E-state index < -0.39 is 4.92 Å². The lowest BCUT2D eigenvalue weighted by Gasteiger charge is -2.08. The highest BCUT2D eigenvalue weighted by Crippen LogP contribution is 2.34. The summed E-state index contributed by atoms with van der Waals surface area (Å²) in [6.45, 7) is -0.370. The van der Waals surface area contributed by atoms with E-state index in [1.54, 1.807) is 18.2 Å². The van der Waals surface area contributed by atoms with Crippen LogP contribution in [0.2, 0.25) is 10.0 Å². The average molecular weight is 326 g/mol. The van der Waals surface area contributed by atoms with Gasteiger partial charge < -0.3 is 4.74 Å². The van der Waals surface area contributed by atoms with E-state index in [9.17, 15) is 14.9 Å². The highest BCUT2D eigenvalue weighted by atomic mass is 35.5. The van der Waals surface area contributed by atoms with Crippen molar-refractivity contribution in [3.05, 3.63) is 68.2 Å². The van der Waals surface area contributed by atoms with Gasteiger partial charge in [0.25, 0.3) is 0 Å². The second-order valence-corrected chi connectivity index (χ2v) is 4.91. The van der Waals surface area contributed by atoms with Crippen LogP contribution < -0.4 is 4.74 Å². The van der Waals surface area contributed by atoms with E-state index in [1.165, 1.54) is 24.3 Å². The number of Topliss-reactive ketones (excluding diaryl/α,β-unsaturated/α-hetero) is 1. The number of nitrogens with zero attached hydrogens (tertiary/aromatic N) is 1. The van der Waals surface area contributed by atoms with Crippen LogP contribution in [-0.2, 0) is 0 Å². The van der Waals surface area contributed by atoms with Crippen LogP contribution in [-0.4, -0.2) is 17.3 Å². The molecule has 0 spiro atoms. The number of ether oxygens (including phenoxy) is 1. The molecule has 0 aliphatic carbocycles. The lowest BCUT2D eigenvalue weighted by molar-refractivity contribution is -0.385. The zero-order valence-electron chi connectivity index (χ0n) is 10.6. The maximum absolute atomic E-state index is 12.0. The minimum atomic E-state index is -0.620. The summed E-state index contributed by atoms with van der Waals surface area (Å²) in [5.41, 5.74) is 0.0681. The summed E-state index contributed by atoms with van der Waals surface area (Å²) in [4.78, 5) is 22.2. The molecule has 21 heavy (non-hydrogen) atoms. The van der Waals surface area contributed by atoms with E-state index >= 15 is 0 Å². The fourth-order valence-corrected chi connectivity index (χ4v) is 2.08. The standard InChI is InChI=1S/C14H9Cl2NO4/c15-10-4-1-3-9(7-10)13(18)8-21-14-11(16)5-2-6-12(14)17(19)20/h1-7H,8H2. The first-order valence-corrected chi connectivity index (χ1v) is 6.59. The predicted molar refractivity (Wildman–Crippen MR) is 79.4 cm³/mol. The zero-order valence-corrected chi connectivity index (χ0v) is 12.1. The lowest BCUT2D eigenvalue weighted by Crippen LogP contribution is -2.12. The molecule has 0 amide bonds. The average Bonchev–Trinajstić information content (AvgIpc) is 2.45. The minimum Gasteiger partial charge on any atom is -0.477 e. The van der Waals surface area contributed by atoms with Crippen molar-refractivity contribution in [3.8, 4) is 5.75 Å². The molecule has 0 aliphatic heterocycles. The van der Waals surface area contributed by atoms with Crippen LogP contribution in [0.4, 0.5) is 5.69 Å². The van der Waals surface area contributed by atoms with Crippen LogP contribution >= 0.6 is 23.2 Å². The van der Waals surface area contributed by atoms with Crippen molar-refractivity contribution in [3.63, 3.8) is 0 Å². The second kappa shape index (κ2) is 6.56. The van der Waals surface area contributed by atoms with E-state index in [0.29, 0.717) is 10.6 Å². The van der Waals surface area contributed by atoms with Crippen molar-refractivity contribution in [1.29, 1.82) is 0 Å². The van der Waals surface area contributed by atoms with E-state index in [-0.39, 0.29) is 28.8 Å². The molecule has 0 saturated heterocycles. The number of benzene rings is 2. The molecule has 0 unspecified atom stereocenters. The Morgan fingerprint density at radius 2 is 1.90 bits per heavy atom. The van der Waals surface area contributed by atoms with Crippen LogP contribution in [0.5, 0.6) is 5.75 Å². The van der Waals surface area contributed by atoms with Crippen molar-refractivity contribution >= 4 is 34.7 Å². The number of halogens is 2. The van der Waals surface area contributed by atoms with Gasteiger partial charge in [0, 0.05) is 16.7 Å². The molecule has 5 nitrogen and oxygen atoms in total. The van der Waals surface area contributed by atoms with Gasteiger partial charge in [-0.1, -0.05) is 41.4 Å². The van der Waals surface area contributed by atoms with Gasteiger partial charge in [-0.15, -0.1) is 0 Å². The Balaban J connectivity index is 2.17. The molecule has 0 bridgehead atoms. The van der Waals surface area contributed by atoms with Crippen LogP contribution in [0.25, 0.3) is 0 Å². The number of hydrogen-bond acceptors (Lipinski definition) is 4. The molecule has 0 radical (unpaired) electrons. The number of nitro benzene ring substituents is 1. The number of nitro groups is 1. The van der Waals surface area contributed by atoms with Gasteiger partial charge in [0.1, 0.15) is 0 Å². The summed E-state index contributed by atoms with van der Waals surface area (Å²) >= 11 is 11.7. The molecule has 0 saturated carbocycles. The Morgan fingerprint density at radius 3 is 2.57 bits per heavy atom. The maximum Gasteiger partial charge on any atom is 0.312 e. The molecule has 0 fully saturated rings. The molecular weight excluding hydrogens is 317 g/mol. The Hall–Kier alpha value is -2.11. The van der Waals surface area contributed by atoms with E-state index in [0.717, 1.165) is 0 Å². The molecule has 0 aromatic heterocycles. The van der Waals surface area contributed by atoms with Gasteiger partial charge in [0.05, 0.1) is 9.95 Å². The van der Waals surface area contributed by atoms with E-state index in [1.807, 2.05) is 0 Å². The molecule has 0 atom stereocenters. The Labute approximate surface area is 130 Å². The van der Waals surface area contributed by atoms with Crippen molar-refractivity contribution < 1.29 is 14.5 Å². The molecular formula is C14H9Cl2NO4. The second-order valence-electron chi connectivity index (χ2n) is 4.07. The monoisotopic (exact) mass is 325 g/mol. The van der Waals surface area contributed by atoms with Gasteiger partial charge in [0.15, 0.2) is 12.4 Å². The number of hydrogen-bond donors (Lipinski definition) is 0. The van der Waals surface area contributed by atoms with Gasteiger partial charge in [-0.3, -0.25) is 14.9 Å². The highest BCUT2D eigenvalue weighted by molar-refractivity contribution is 6.32. The summed E-state index contributed by atoms with van der Waals surface area (Å²) in [7, 11) is 0. The minimum absolute atomic E-state index is 0.0723. The Kier molecular flexibility index (Phi) is 4.77. The summed E-state index contributed by atoms with van der Waals surface area (Å²) in [5, 5.41) is 11.4. The summed E-state index contributed by atoms with van der Waals surface area (Å²) in [6, 6.07) is 10.5. The summed E-state index contributed by atoms with van der Waals surface area (Å²) in [6.07, 6.45) is 0. The van der Waals surface area contributed by atoms with Gasteiger partial charge in [-0.05, 0) is 18.2 Å². The van der Waals surface area contributed by atoms with E-state index in [4.69, 9.17) is 27.9 Å². The van der Waals surface area contributed by atoms with Crippen LogP contribution in [0.3, 0.4) is 0 Å². The number of carbonyl (C=O) groups excluding carboxylic acids is 1. The van der Waals surface area contributed by atoms with Crippen molar-refractivity contribution in [2.45, 2.75) is 0 Å². The molecule has 0 aliphatic rings. The third-order valence-corrected chi connectivity index (χ3v) is 3.17. The molecule has 108 valence electrons. The van der Waals surface area contributed by atoms with Gasteiger partial charge in [-0.2, -0.15) is 0 Å². The van der Waals surface area contributed by atoms with Gasteiger partial charge >= 0.3 is 5.69 Å². The Morgan fingerprint density at radius 1 is 1.19 bits per heavy atom. The van der Waals surface area contributed by atoms with Crippen molar-refractivity contribution in [2.24, 2.45) is 0 Å². The highest BCUT2D eigenvalue weighted by Gasteiger charge is 2.19. The first-order valence-electron chi connectivity index (χ1n) is 5.83. The normalized spacial score (nSPS) is 10.2. The smallest absolute Gasteiger partial charge is 0.312 e. The SMILES string of the molecule is O=C(COc1c(Cl)cccc1[N+](=O)[O-])c1cccc(Cl)c1. The first kappa shape index (κ1) is 15.3. The molecule has 0 N–H and O–H groups in total. The van der Waals surface area contributed by atoms with Crippen LogP contribution in [0, 0.1) is 10.1 Å². The number of carbonyl (C=O) groups is 1. The molecule has 2 aromatic rings. The third-order valence-electron chi connectivity index (χ3n) is 2.64. The third kappa shape index (κ3) is 3.71. The Bertz CT molecular complexity index is 703. The largest absolute Gasteiger partial charge is 0.477 e. The first-order chi connectivity index (χ1) is 9.99. The molecule has 2 aromatic carbocycles. The maximum atomic E-state index is 12.0. The molecule has 0 heterocycles. The number of rotatable bonds is 5. The van der Waals surface area contributed by atoms with Crippen LogP contribution in [0.1, 0.15) is 10.4 Å². The topological polar surface area (TPSA) is 69.4 Å². The quantitative estimate of drug-likeness (QED) is 0.470.